The van der Waals surface area contributed by atoms with Gasteiger partial charge in [0.25, 0.3) is 17.5 Å². The number of nitro benzene ring substituents is 1. The predicted molar refractivity (Wildman–Crippen MR) is 125 cm³/mol. The summed E-state index contributed by atoms with van der Waals surface area (Å²) in [5.41, 5.74) is 1.98. The first-order valence-electron chi connectivity index (χ1n) is 9.33. The number of anilines is 1. The molecule has 0 fully saturated rings. The fourth-order valence-electron chi connectivity index (χ4n) is 2.77. The molecule has 2 N–H and O–H groups in total. The van der Waals surface area contributed by atoms with E-state index in [1.54, 1.807) is 24.3 Å². The van der Waals surface area contributed by atoms with E-state index < -0.39 is 16.7 Å². The molecular weight excluding hydrogens is 453 g/mol. The van der Waals surface area contributed by atoms with E-state index in [2.05, 4.69) is 10.6 Å². The number of hydrogen-bond donors (Lipinski definition) is 2. The maximum absolute atomic E-state index is 12.9. The molecule has 9 heteroatoms. The van der Waals surface area contributed by atoms with Crippen molar-refractivity contribution < 1.29 is 14.5 Å². The maximum atomic E-state index is 12.9. The minimum atomic E-state index is -0.609. The third kappa shape index (κ3) is 5.94. The fraction of sp³-hybridized carbons (Fsp3) is 0.0435. The summed E-state index contributed by atoms with van der Waals surface area (Å²) >= 11 is 11.9. The lowest BCUT2D eigenvalue weighted by molar-refractivity contribution is -0.384. The molecule has 2 amide bonds. The SMILES string of the molecule is Cc1cccc(C(=O)NC(=Cc2ccc([N+](=O)[O-])cc2)C(=O)Nc2ccc(Cl)c(Cl)c2)c1. The average Bonchev–Trinajstić information content (AvgIpc) is 2.76. The number of hydrogen-bond acceptors (Lipinski definition) is 4. The van der Waals surface area contributed by atoms with Gasteiger partial charge in [-0.25, -0.2) is 0 Å². The standard InChI is InChI=1S/C23H17Cl2N3O4/c1-14-3-2-4-16(11-14)22(29)27-21(12-15-5-8-18(9-6-15)28(31)32)23(30)26-17-7-10-19(24)20(25)13-17/h2-13H,1H3,(H,26,30)(H,27,29). The van der Waals surface area contributed by atoms with Crippen LogP contribution in [-0.4, -0.2) is 16.7 Å². The van der Waals surface area contributed by atoms with E-state index in [0.29, 0.717) is 21.8 Å². The van der Waals surface area contributed by atoms with Gasteiger partial charge >= 0.3 is 0 Å². The van der Waals surface area contributed by atoms with Crippen LogP contribution in [0.15, 0.2) is 72.4 Å². The van der Waals surface area contributed by atoms with Crippen molar-refractivity contribution in [1.29, 1.82) is 0 Å². The summed E-state index contributed by atoms with van der Waals surface area (Å²) in [5, 5.41) is 16.7. The quantitative estimate of drug-likeness (QED) is 0.277. The second-order valence-electron chi connectivity index (χ2n) is 6.81. The Kier molecular flexibility index (Phi) is 7.25. The van der Waals surface area contributed by atoms with Gasteiger partial charge in [0, 0.05) is 23.4 Å². The van der Waals surface area contributed by atoms with Gasteiger partial charge in [0.15, 0.2) is 0 Å². The molecule has 0 aliphatic rings. The van der Waals surface area contributed by atoms with Gasteiger partial charge in [-0.1, -0.05) is 40.9 Å². The molecule has 0 bridgehead atoms. The van der Waals surface area contributed by atoms with Gasteiger partial charge in [0.05, 0.1) is 15.0 Å². The molecule has 7 nitrogen and oxygen atoms in total. The molecule has 0 saturated carbocycles. The van der Waals surface area contributed by atoms with Gasteiger partial charge in [0.1, 0.15) is 5.70 Å². The van der Waals surface area contributed by atoms with Crippen LogP contribution in [0.2, 0.25) is 10.0 Å². The molecule has 3 aromatic carbocycles. The van der Waals surface area contributed by atoms with Crippen LogP contribution in [0.25, 0.3) is 6.08 Å². The van der Waals surface area contributed by atoms with Crippen molar-refractivity contribution in [2.45, 2.75) is 6.92 Å². The molecule has 0 radical (unpaired) electrons. The van der Waals surface area contributed by atoms with Crippen LogP contribution < -0.4 is 10.6 Å². The van der Waals surface area contributed by atoms with Crippen molar-refractivity contribution in [3.05, 3.63) is 109 Å². The Morgan fingerprint density at radius 3 is 2.31 bits per heavy atom. The van der Waals surface area contributed by atoms with Crippen LogP contribution >= 0.6 is 23.2 Å². The van der Waals surface area contributed by atoms with Crippen molar-refractivity contribution in [3.8, 4) is 0 Å². The number of carbonyl (C=O) groups excluding carboxylic acids is 2. The number of amides is 2. The third-order valence-electron chi connectivity index (χ3n) is 4.37. The molecule has 0 atom stereocenters. The molecule has 0 aromatic heterocycles. The lowest BCUT2D eigenvalue weighted by Gasteiger charge is -2.12. The summed E-state index contributed by atoms with van der Waals surface area (Å²) in [4.78, 5) is 36.0. The Hall–Kier alpha value is -3.68. The predicted octanol–water partition coefficient (Wildman–Crippen LogP) is 5.62. The van der Waals surface area contributed by atoms with Crippen molar-refractivity contribution in [2.24, 2.45) is 0 Å². The minimum Gasteiger partial charge on any atom is -0.321 e. The Morgan fingerprint density at radius 1 is 0.969 bits per heavy atom. The number of benzene rings is 3. The Morgan fingerprint density at radius 2 is 1.69 bits per heavy atom. The van der Waals surface area contributed by atoms with Crippen molar-refractivity contribution in [1.82, 2.24) is 5.32 Å². The fourth-order valence-corrected chi connectivity index (χ4v) is 3.07. The van der Waals surface area contributed by atoms with Crippen LogP contribution in [0.1, 0.15) is 21.5 Å². The first kappa shape index (κ1) is 23.0. The molecular formula is C23H17Cl2N3O4. The largest absolute Gasteiger partial charge is 0.321 e. The third-order valence-corrected chi connectivity index (χ3v) is 5.10. The number of nitrogens with zero attached hydrogens (tertiary/aromatic N) is 1. The summed E-state index contributed by atoms with van der Waals surface area (Å²) in [5.74, 6) is -1.09. The van der Waals surface area contributed by atoms with Gasteiger partial charge in [0.2, 0.25) is 0 Å². The van der Waals surface area contributed by atoms with Crippen LogP contribution in [0.4, 0.5) is 11.4 Å². The number of nitro groups is 1. The van der Waals surface area contributed by atoms with E-state index in [1.807, 2.05) is 13.0 Å². The highest BCUT2D eigenvalue weighted by molar-refractivity contribution is 6.42. The van der Waals surface area contributed by atoms with Crippen LogP contribution in [-0.2, 0) is 4.79 Å². The monoisotopic (exact) mass is 469 g/mol. The van der Waals surface area contributed by atoms with E-state index in [1.165, 1.54) is 42.5 Å². The van der Waals surface area contributed by atoms with E-state index >= 15 is 0 Å². The van der Waals surface area contributed by atoms with Crippen LogP contribution in [0.5, 0.6) is 0 Å². The normalized spacial score (nSPS) is 11.0. The average molecular weight is 470 g/mol. The van der Waals surface area contributed by atoms with Gasteiger partial charge in [-0.15, -0.1) is 0 Å². The Bertz CT molecular complexity index is 1220. The smallest absolute Gasteiger partial charge is 0.272 e. The summed E-state index contributed by atoms with van der Waals surface area (Å²) in [6, 6.07) is 17.0. The molecule has 3 rings (SSSR count). The van der Waals surface area contributed by atoms with E-state index in [0.717, 1.165) is 5.56 Å². The molecule has 0 aliphatic carbocycles. The van der Waals surface area contributed by atoms with Gasteiger partial charge in [-0.3, -0.25) is 19.7 Å². The Labute approximate surface area is 193 Å². The van der Waals surface area contributed by atoms with Crippen LogP contribution in [0.3, 0.4) is 0 Å². The van der Waals surface area contributed by atoms with Gasteiger partial charge < -0.3 is 10.6 Å². The zero-order valence-electron chi connectivity index (χ0n) is 16.8. The first-order chi connectivity index (χ1) is 15.2. The summed E-state index contributed by atoms with van der Waals surface area (Å²) < 4.78 is 0. The molecule has 3 aromatic rings. The zero-order valence-corrected chi connectivity index (χ0v) is 18.3. The lowest BCUT2D eigenvalue weighted by atomic mass is 10.1. The molecule has 0 aliphatic heterocycles. The number of non-ortho nitro benzene ring substituents is 1. The molecule has 0 heterocycles. The second-order valence-corrected chi connectivity index (χ2v) is 7.63. The highest BCUT2D eigenvalue weighted by atomic mass is 35.5. The number of halogens is 2. The summed E-state index contributed by atoms with van der Waals surface area (Å²) in [7, 11) is 0. The van der Waals surface area contributed by atoms with Crippen molar-refractivity contribution in [2.75, 3.05) is 5.32 Å². The number of aryl methyl sites for hydroxylation is 1. The molecule has 0 spiro atoms. The van der Waals surface area contributed by atoms with Crippen molar-refractivity contribution >= 4 is 52.5 Å². The summed E-state index contributed by atoms with van der Waals surface area (Å²) in [6.45, 7) is 1.85. The van der Waals surface area contributed by atoms with Gasteiger partial charge in [-0.05, 0) is 61.0 Å². The first-order valence-corrected chi connectivity index (χ1v) is 10.1. The highest BCUT2D eigenvalue weighted by Gasteiger charge is 2.16. The van der Waals surface area contributed by atoms with E-state index in [4.69, 9.17) is 23.2 Å². The van der Waals surface area contributed by atoms with Gasteiger partial charge in [-0.2, -0.15) is 0 Å². The number of nitrogens with one attached hydrogen (secondary N) is 2. The van der Waals surface area contributed by atoms with E-state index in [9.17, 15) is 19.7 Å². The second kappa shape index (κ2) is 10.1. The maximum Gasteiger partial charge on any atom is 0.272 e. The highest BCUT2D eigenvalue weighted by Crippen LogP contribution is 2.25. The topological polar surface area (TPSA) is 101 Å². The zero-order chi connectivity index (χ0) is 23.3. The molecule has 0 saturated heterocycles. The van der Waals surface area contributed by atoms with E-state index in [-0.39, 0.29) is 16.4 Å². The Balaban J connectivity index is 1.91. The lowest BCUT2D eigenvalue weighted by Crippen LogP contribution is -2.30. The summed E-state index contributed by atoms with van der Waals surface area (Å²) in [6.07, 6.45) is 1.42. The van der Waals surface area contributed by atoms with Crippen LogP contribution in [0, 0.1) is 17.0 Å². The molecule has 32 heavy (non-hydrogen) atoms. The minimum absolute atomic E-state index is 0.0589. The molecule has 0 unspecified atom stereocenters. The van der Waals surface area contributed by atoms with Crippen molar-refractivity contribution in [3.63, 3.8) is 0 Å². The number of rotatable bonds is 6. The molecule has 162 valence electrons. The number of carbonyl (C=O) groups is 2.